The Morgan fingerprint density at radius 3 is 2.62 bits per heavy atom. The minimum absolute atomic E-state index is 0.126. The van der Waals surface area contributed by atoms with Gasteiger partial charge in [-0.1, -0.05) is 26.8 Å². The number of carbonyl (C=O) groups excluding carboxylic acids is 1. The molecule has 204 valence electrons. The van der Waals surface area contributed by atoms with Crippen molar-refractivity contribution in [2.75, 3.05) is 43.4 Å². The zero-order chi connectivity index (χ0) is 27.7. The highest BCUT2D eigenvalue weighted by Gasteiger charge is 2.21. The second-order valence-corrected chi connectivity index (χ2v) is 11.1. The number of benzene rings is 1. The molecule has 1 N–H and O–H groups in total. The Kier molecular flexibility index (Phi) is 7.17. The number of carbonyl (C=O) groups is 1. The minimum Gasteiger partial charge on any atom is -0.437 e. The average Bonchev–Trinajstić information content (AvgIpc) is 3.13. The first-order valence-corrected chi connectivity index (χ1v) is 13.1. The largest absolute Gasteiger partial charge is 0.437 e. The molecular weight excluding hydrogens is 494 g/mol. The number of ether oxygens (including phenoxy) is 1. The van der Waals surface area contributed by atoms with Crippen molar-refractivity contribution in [2.24, 2.45) is 7.05 Å². The van der Waals surface area contributed by atoms with Crippen molar-refractivity contribution in [3.8, 4) is 11.6 Å². The SMILES string of the molecule is Cc1ccc(C(=O)Nc2cc(C(C)(C)C)nn2C)cc1Oc1ncnc2cnc(N3CCCN(C)CC3)nc12. The van der Waals surface area contributed by atoms with Gasteiger partial charge in [-0.05, 0) is 44.6 Å². The second-order valence-electron chi connectivity index (χ2n) is 11.1. The van der Waals surface area contributed by atoms with Crippen LogP contribution in [0.25, 0.3) is 11.0 Å². The highest BCUT2D eigenvalue weighted by Crippen LogP contribution is 2.30. The molecule has 11 nitrogen and oxygen atoms in total. The van der Waals surface area contributed by atoms with Crippen LogP contribution in [0, 0.1) is 6.92 Å². The van der Waals surface area contributed by atoms with E-state index in [0.717, 1.165) is 43.9 Å². The molecule has 0 aliphatic carbocycles. The van der Waals surface area contributed by atoms with Crippen LogP contribution < -0.4 is 15.0 Å². The molecule has 1 aliphatic rings. The first kappa shape index (κ1) is 26.5. The van der Waals surface area contributed by atoms with Gasteiger partial charge in [0.05, 0.1) is 11.9 Å². The Morgan fingerprint density at radius 2 is 1.85 bits per heavy atom. The quantitative estimate of drug-likeness (QED) is 0.410. The summed E-state index contributed by atoms with van der Waals surface area (Å²) in [7, 11) is 3.94. The molecule has 0 saturated carbocycles. The van der Waals surface area contributed by atoms with E-state index in [-0.39, 0.29) is 11.3 Å². The number of aryl methyl sites for hydroxylation is 2. The highest BCUT2D eigenvalue weighted by atomic mass is 16.5. The average molecular weight is 530 g/mol. The third-order valence-corrected chi connectivity index (χ3v) is 6.88. The summed E-state index contributed by atoms with van der Waals surface area (Å²) in [5.41, 5.74) is 3.21. The Balaban J connectivity index is 1.40. The molecule has 11 heteroatoms. The zero-order valence-corrected chi connectivity index (χ0v) is 23.4. The molecule has 1 saturated heterocycles. The van der Waals surface area contributed by atoms with E-state index in [9.17, 15) is 4.79 Å². The van der Waals surface area contributed by atoms with Crippen molar-refractivity contribution in [3.63, 3.8) is 0 Å². The first-order valence-electron chi connectivity index (χ1n) is 13.1. The van der Waals surface area contributed by atoms with E-state index in [0.29, 0.717) is 40.0 Å². The Morgan fingerprint density at radius 1 is 1.03 bits per heavy atom. The lowest BCUT2D eigenvalue weighted by atomic mass is 9.92. The van der Waals surface area contributed by atoms with Crippen molar-refractivity contribution in [3.05, 3.63) is 53.6 Å². The van der Waals surface area contributed by atoms with Crippen LogP contribution in [0.5, 0.6) is 11.6 Å². The molecule has 0 spiro atoms. The lowest BCUT2D eigenvalue weighted by Gasteiger charge is -2.20. The van der Waals surface area contributed by atoms with Crippen molar-refractivity contribution < 1.29 is 9.53 Å². The van der Waals surface area contributed by atoms with Crippen LogP contribution in [0.2, 0.25) is 0 Å². The third kappa shape index (κ3) is 5.83. The lowest BCUT2D eigenvalue weighted by Crippen LogP contribution is -2.30. The summed E-state index contributed by atoms with van der Waals surface area (Å²) in [5, 5.41) is 7.50. The smallest absolute Gasteiger partial charge is 0.256 e. The van der Waals surface area contributed by atoms with Crippen molar-refractivity contribution in [2.45, 2.75) is 39.5 Å². The fourth-order valence-corrected chi connectivity index (χ4v) is 4.39. The van der Waals surface area contributed by atoms with Crippen LogP contribution >= 0.6 is 0 Å². The van der Waals surface area contributed by atoms with Gasteiger partial charge >= 0.3 is 0 Å². The molecule has 0 unspecified atom stereocenters. The summed E-state index contributed by atoms with van der Waals surface area (Å²) in [6.07, 6.45) is 4.18. The lowest BCUT2D eigenvalue weighted by molar-refractivity contribution is 0.102. The van der Waals surface area contributed by atoms with E-state index in [2.05, 4.69) is 63.0 Å². The van der Waals surface area contributed by atoms with E-state index >= 15 is 0 Å². The Hall–Kier alpha value is -4.12. The number of hydrogen-bond acceptors (Lipinski definition) is 9. The standard InChI is InChI=1S/C28H35N9O2/c1-18-8-9-19(25(38)32-23-15-22(28(2,3)4)34-36(23)6)14-21(18)39-26-24-20(30-17-31-26)16-29-27(33-24)37-11-7-10-35(5)12-13-37/h8-9,14-17H,7,10-13H2,1-6H3,(H,32,38). The molecule has 5 rings (SSSR count). The van der Waals surface area contributed by atoms with E-state index < -0.39 is 0 Å². The zero-order valence-electron chi connectivity index (χ0n) is 23.4. The van der Waals surface area contributed by atoms with E-state index in [4.69, 9.17) is 9.72 Å². The number of likely N-dealkylation sites (N-methyl/N-ethyl adjacent to an activating group) is 1. The predicted octanol–water partition coefficient (Wildman–Crippen LogP) is 3.95. The number of fused-ring (bicyclic) bond motifs is 1. The van der Waals surface area contributed by atoms with E-state index in [1.165, 1.54) is 6.33 Å². The minimum atomic E-state index is -0.258. The normalized spacial score (nSPS) is 14.9. The molecule has 1 aliphatic heterocycles. The van der Waals surface area contributed by atoms with Gasteiger partial charge in [-0.3, -0.25) is 9.48 Å². The number of amides is 1. The summed E-state index contributed by atoms with van der Waals surface area (Å²) in [5.74, 6) is 1.83. The van der Waals surface area contributed by atoms with Gasteiger partial charge in [-0.15, -0.1) is 0 Å². The molecular formula is C28H35N9O2. The molecule has 1 aromatic carbocycles. The number of aromatic nitrogens is 6. The van der Waals surface area contributed by atoms with Crippen LogP contribution in [0.1, 0.15) is 48.8 Å². The molecule has 0 atom stereocenters. The van der Waals surface area contributed by atoms with Gasteiger partial charge in [-0.2, -0.15) is 10.1 Å². The summed E-state index contributed by atoms with van der Waals surface area (Å²) in [4.78, 5) is 35.7. The molecule has 39 heavy (non-hydrogen) atoms. The van der Waals surface area contributed by atoms with Crippen LogP contribution in [0.4, 0.5) is 11.8 Å². The van der Waals surface area contributed by atoms with Gasteiger partial charge in [0.15, 0.2) is 5.52 Å². The number of hydrogen-bond donors (Lipinski definition) is 1. The molecule has 4 heterocycles. The third-order valence-electron chi connectivity index (χ3n) is 6.88. The van der Waals surface area contributed by atoms with E-state index in [1.807, 2.05) is 26.1 Å². The number of nitrogens with one attached hydrogen (secondary N) is 1. The monoisotopic (exact) mass is 529 g/mol. The van der Waals surface area contributed by atoms with Gasteiger partial charge in [0.2, 0.25) is 11.8 Å². The van der Waals surface area contributed by atoms with Gasteiger partial charge in [0.25, 0.3) is 5.91 Å². The predicted molar refractivity (Wildman–Crippen MR) is 151 cm³/mol. The van der Waals surface area contributed by atoms with Crippen LogP contribution in [0.15, 0.2) is 36.8 Å². The molecule has 1 fully saturated rings. The van der Waals surface area contributed by atoms with Gasteiger partial charge in [0, 0.05) is 43.7 Å². The Labute approximate surface area is 228 Å². The number of anilines is 2. The summed E-state index contributed by atoms with van der Waals surface area (Å²) >= 11 is 0. The molecule has 4 aromatic rings. The van der Waals surface area contributed by atoms with Gasteiger partial charge in [0.1, 0.15) is 23.4 Å². The summed E-state index contributed by atoms with van der Waals surface area (Å²) in [6.45, 7) is 11.9. The number of rotatable bonds is 5. The molecule has 0 radical (unpaired) electrons. The highest BCUT2D eigenvalue weighted by molar-refractivity contribution is 6.04. The van der Waals surface area contributed by atoms with Gasteiger partial charge < -0.3 is 19.9 Å². The van der Waals surface area contributed by atoms with Crippen LogP contribution in [0.3, 0.4) is 0 Å². The van der Waals surface area contributed by atoms with Crippen LogP contribution in [-0.4, -0.2) is 73.8 Å². The van der Waals surface area contributed by atoms with Crippen molar-refractivity contribution in [1.82, 2.24) is 34.6 Å². The molecule has 1 amide bonds. The van der Waals surface area contributed by atoms with Gasteiger partial charge in [-0.25, -0.2) is 15.0 Å². The maximum absolute atomic E-state index is 13.2. The van der Waals surface area contributed by atoms with Crippen LogP contribution in [-0.2, 0) is 12.5 Å². The summed E-state index contributed by atoms with van der Waals surface area (Å²) in [6, 6.07) is 7.24. The second kappa shape index (κ2) is 10.6. The first-order chi connectivity index (χ1) is 18.6. The molecule has 3 aromatic heterocycles. The fourth-order valence-electron chi connectivity index (χ4n) is 4.39. The Bertz CT molecular complexity index is 1510. The van der Waals surface area contributed by atoms with E-state index in [1.54, 1.807) is 23.0 Å². The van der Waals surface area contributed by atoms with Crippen molar-refractivity contribution in [1.29, 1.82) is 0 Å². The molecule has 0 bridgehead atoms. The maximum Gasteiger partial charge on any atom is 0.256 e. The summed E-state index contributed by atoms with van der Waals surface area (Å²) < 4.78 is 7.93. The fraction of sp³-hybridized carbons (Fsp3) is 0.429. The maximum atomic E-state index is 13.2. The van der Waals surface area contributed by atoms with Crippen molar-refractivity contribution >= 4 is 28.7 Å². The number of nitrogens with zero attached hydrogens (tertiary/aromatic N) is 8. The topological polar surface area (TPSA) is 114 Å².